The Morgan fingerprint density at radius 1 is 1.37 bits per heavy atom. The van der Waals surface area contributed by atoms with Crippen LogP contribution in [0.1, 0.15) is 24.0 Å². The third-order valence-electron chi connectivity index (χ3n) is 6.76. The molecule has 11 heteroatoms. The topological polar surface area (TPSA) is 120 Å². The summed E-state index contributed by atoms with van der Waals surface area (Å²) in [6, 6.07) is 4.33. The minimum Gasteiger partial charge on any atom is -0.479 e. The van der Waals surface area contributed by atoms with E-state index in [1.54, 1.807) is 0 Å². The molecule has 5 rings (SSSR count). The van der Waals surface area contributed by atoms with Gasteiger partial charge in [0, 0.05) is 24.4 Å². The number of hydrogen-bond acceptors (Lipinski definition) is 6. The van der Waals surface area contributed by atoms with Crippen LogP contribution in [-0.2, 0) is 25.2 Å². The smallest absolute Gasteiger partial charge is 0.417 e. The van der Waals surface area contributed by atoms with Crippen LogP contribution in [0.25, 0.3) is 0 Å². The average molecular weight is 424 g/mol. The summed E-state index contributed by atoms with van der Waals surface area (Å²) in [6.45, 7) is 0.0858. The Labute approximate surface area is 167 Å². The van der Waals surface area contributed by atoms with E-state index in [4.69, 9.17) is 14.7 Å². The van der Waals surface area contributed by atoms with Crippen LogP contribution < -0.4 is 4.90 Å². The predicted molar refractivity (Wildman–Crippen MR) is 89.8 cm³/mol. The van der Waals surface area contributed by atoms with Crippen molar-refractivity contribution in [1.82, 2.24) is 0 Å². The first-order valence-electron chi connectivity index (χ1n) is 9.24. The van der Waals surface area contributed by atoms with E-state index >= 15 is 0 Å². The quantitative estimate of drug-likeness (QED) is 0.733. The Kier molecular flexibility index (Phi) is 3.68. The highest BCUT2D eigenvalue weighted by atomic mass is 19.4. The number of anilines is 1. The normalized spacial score (nSPS) is 39.2. The number of carboxylic acids is 1. The number of nitriles is 1. The van der Waals surface area contributed by atoms with Gasteiger partial charge in [-0.3, -0.25) is 9.69 Å². The van der Waals surface area contributed by atoms with Gasteiger partial charge < -0.3 is 19.7 Å². The summed E-state index contributed by atoms with van der Waals surface area (Å²) in [5, 5.41) is 29.3. The number of amides is 1. The highest BCUT2D eigenvalue weighted by Gasteiger charge is 2.82. The highest BCUT2D eigenvalue weighted by molar-refractivity contribution is 6.03. The molecule has 8 nitrogen and oxygen atoms in total. The van der Waals surface area contributed by atoms with Gasteiger partial charge >= 0.3 is 12.1 Å². The minimum atomic E-state index is -4.82. The summed E-state index contributed by atoms with van der Waals surface area (Å²) in [5.41, 5.74) is -5.22. The number of benzene rings is 1. The summed E-state index contributed by atoms with van der Waals surface area (Å²) in [6.07, 6.45) is -7.01. The molecule has 4 saturated heterocycles. The fraction of sp³-hybridized carbons (Fsp3) is 0.526. The number of hydrogen-bond donors (Lipinski definition) is 2. The van der Waals surface area contributed by atoms with Crippen molar-refractivity contribution in [2.75, 3.05) is 11.5 Å². The van der Waals surface area contributed by atoms with E-state index in [0.29, 0.717) is 6.07 Å². The second kappa shape index (κ2) is 5.72. The molecule has 158 valence electrons. The zero-order valence-corrected chi connectivity index (χ0v) is 15.2. The molecule has 1 aromatic rings. The Balaban J connectivity index is 1.65. The van der Waals surface area contributed by atoms with Crippen LogP contribution in [0, 0.1) is 23.2 Å². The number of aliphatic hydroxyl groups excluding tert-OH is 1. The van der Waals surface area contributed by atoms with Gasteiger partial charge in [-0.15, -0.1) is 0 Å². The summed E-state index contributed by atoms with van der Waals surface area (Å²) >= 11 is 0. The van der Waals surface area contributed by atoms with Crippen molar-refractivity contribution in [3.05, 3.63) is 29.3 Å². The number of rotatable bonds is 2. The maximum absolute atomic E-state index is 13.4. The van der Waals surface area contributed by atoms with Crippen molar-refractivity contribution >= 4 is 17.6 Å². The van der Waals surface area contributed by atoms with E-state index in [9.17, 15) is 33.0 Å². The number of carboxylic acid groups (broad SMARTS) is 1. The Morgan fingerprint density at radius 2 is 2.10 bits per heavy atom. The highest BCUT2D eigenvalue weighted by Crippen LogP contribution is 2.65. The summed E-state index contributed by atoms with van der Waals surface area (Å²) in [5.74, 6) is -4.32. The number of aliphatic hydroxyl groups is 1. The molecule has 1 amide bonds. The molecular weight excluding hydrogens is 409 g/mol. The largest absolute Gasteiger partial charge is 0.479 e. The standard InChI is InChI=1S/C19H15F3N2O6/c20-19(21,22)10-5-9(2-1-8(10)7-23)24-14(26)12-13-15(24)29-4-3-17(13)6-11(25)18(12,30-17)16(27)28/h1-2,5,11-13,15,25H,3-4,6H2,(H,27,28)/t11-,12-,13+,15+,17+,18-/m1/s1. The first kappa shape index (κ1) is 19.3. The molecule has 2 N–H and O–H groups in total. The van der Waals surface area contributed by atoms with Gasteiger partial charge in [0.1, 0.15) is 6.23 Å². The first-order chi connectivity index (χ1) is 14.1. The number of alkyl halides is 3. The maximum atomic E-state index is 13.4. The van der Waals surface area contributed by atoms with E-state index < -0.39 is 64.5 Å². The van der Waals surface area contributed by atoms with Crippen LogP contribution in [0.15, 0.2) is 18.2 Å². The summed E-state index contributed by atoms with van der Waals surface area (Å²) < 4.78 is 51.8. The second-order valence-electron chi connectivity index (χ2n) is 8.05. The van der Waals surface area contributed by atoms with Crippen molar-refractivity contribution < 1.29 is 42.4 Å². The van der Waals surface area contributed by atoms with Crippen LogP contribution in [0.5, 0.6) is 0 Å². The Morgan fingerprint density at radius 3 is 2.73 bits per heavy atom. The number of ether oxygens (including phenoxy) is 2. The molecule has 4 aliphatic rings. The molecule has 1 spiro atoms. The third kappa shape index (κ3) is 2.11. The molecule has 0 aliphatic carbocycles. The van der Waals surface area contributed by atoms with E-state index in [-0.39, 0.29) is 25.1 Å². The molecule has 0 unspecified atom stereocenters. The number of aliphatic carboxylic acids is 1. The zero-order chi connectivity index (χ0) is 21.6. The molecule has 4 aliphatic heterocycles. The second-order valence-corrected chi connectivity index (χ2v) is 8.05. The van der Waals surface area contributed by atoms with Crippen LogP contribution in [0.2, 0.25) is 0 Å². The molecule has 6 atom stereocenters. The monoisotopic (exact) mass is 424 g/mol. The molecule has 0 aromatic heterocycles. The molecule has 1 aromatic carbocycles. The van der Waals surface area contributed by atoms with Crippen molar-refractivity contribution in [2.24, 2.45) is 11.8 Å². The SMILES string of the molecule is N#Cc1ccc(N2C(=O)[C@H]3[C@H]4[C@@H]2OCC[C@]42C[C@@H](O)[C@@]3(C(=O)O)O2)cc1C(F)(F)F. The van der Waals surface area contributed by atoms with Crippen molar-refractivity contribution in [1.29, 1.82) is 5.26 Å². The van der Waals surface area contributed by atoms with Crippen molar-refractivity contribution in [3.8, 4) is 6.07 Å². The molecule has 4 heterocycles. The molecule has 0 saturated carbocycles. The molecule has 4 fully saturated rings. The lowest BCUT2D eigenvalue weighted by molar-refractivity contribution is -0.180. The first-order valence-corrected chi connectivity index (χ1v) is 9.24. The van der Waals surface area contributed by atoms with E-state index in [1.807, 2.05) is 0 Å². The fourth-order valence-corrected chi connectivity index (χ4v) is 5.63. The van der Waals surface area contributed by atoms with Gasteiger partial charge in [-0.25, -0.2) is 4.79 Å². The van der Waals surface area contributed by atoms with E-state index in [0.717, 1.165) is 11.0 Å². The predicted octanol–water partition coefficient (Wildman–Crippen LogP) is 1.26. The molecular formula is C19H15F3N2O6. The number of nitrogens with zero attached hydrogens (tertiary/aromatic N) is 2. The fourth-order valence-electron chi connectivity index (χ4n) is 5.63. The van der Waals surface area contributed by atoms with Crippen LogP contribution in [0.4, 0.5) is 18.9 Å². The van der Waals surface area contributed by atoms with Gasteiger partial charge in [-0.1, -0.05) is 0 Å². The van der Waals surface area contributed by atoms with E-state index in [2.05, 4.69) is 0 Å². The third-order valence-corrected chi connectivity index (χ3v) is 6.76. The van der Waals surface area contributed by atoms with E-state index in [1.165, 1.54) is 12.1 Å². The average Bonchev–Trinajstić information content (AvgIpc) is 3.26. The zero-order valence-electron chi connectivity index (χ0n) is 15.2. The lowest BCUT2D eigenvalue weighted by Crippen LogP contribution is -2.56. The van der Waals surface area contributed by atoms with Gasteiger partial charge in [0.05, 0.1) is 41.4 Å². The van der Waals surface area contributed by atoms with Gasteiger partial charge in [0.2, 0.25) is 11.5 Å². The Bertz CT molecular complexity index is 1020. The number of carbonyl (C=O) groups excluding carboxylic acids is 1. The molecule has 0 radical (unpaired) electrons. The number of halogens is 3. The van der Waals surface area contributed by atoms with Gasteiger partial charge in [0.15, 0.2) is 0 Å². The van der Waals surface area contributed by atoms with Crippen LogP contribution in [-0.4, -0.2) is 52.2 Å². The van der Waals surface area contributed by atoms with Gasteiger partial charge in [-0.05, 0) is 18.2 Å². The van der Waals surface area contributed by atoms with Gasteiger partial charge in [0.25, 0.3) is 0 Å². The lowest BCUT2D eigenvalue weighted by atomic mass is 9.64. The van der Waals surface area contributed by atoms with Crippen molar-refractivity contribution in [2.45, 2.75) is 42.6 Å². The summed E-state index contributed by atoms with van der Waals surface area (Å²) in [4.78, 5) is 26.4. The van der Waals surface area contributed by atoms with Crippen LogP contribution in [0.3, 0.4) is 0 Å². The van der Waals surface area contributed by atoms with Gasteiger partial charge in [-0.2, -0.15) is 18.4 Å². The molecule has 30 heavy (non-hydrogen) atoms. The van der Waals surface area contributed by atoms with Crippen LogP contribution >= 0.6 is 0 Å². The maximum Gasteiger partial charge on any atom is 0.417 e. The Hall–Kier alpha value is -2.68. The minimum absolute atomic E-state index is 0.00260. The number of carbonyl (C=O) groups is 2. The molecule has 2 bridgehead atoms. The number of fused-ring (bicyclic) bond motifs is 2. The summed E-state index contributed by atoms with van der Waals surface area (Å²) in [7, 11) is 0. The van der Waals surface area contributed by atoms with Crippen molar-refractivity contribution in [3.63, 3.8) is 0 Å². The lowest BCUT2D eigenvalue weighted by Gasteiger charge is -2.42.